The molecule has 0 aromatic carbocycles. The van der Waals surface area contributed by atoms with Gasteiger partial charge in [0.1, 0.15) is 6.61 Å². The molecule has 1 aromatic heterocycles. The highest BCUT2D eigenvalue weighted by atomic mass is 19.4. The zero-order chi connectivity index (χ0) is 13.2. The molecule has 1 aliphatic rings. The van der Waals surface area contributed by atoms with Gasteiger partial charge in [0.25, 0.3) is 0 Å². The molecule has 1 fully saturated rings. The lowest BCUT2D eigenvalue weighted by molar-refractivity contribution is -0.174. The van der Waals surface area contributed by atoms with Crippen LogP contribution in [0, 0.1) is 6.92 Å². The Balaban J connectivity index is 1.80. The van der Waals surface area contributed by atoms with Gasteiger partial charge in [-0.05, 0) is 19.8 Å². The van der Waals surface area contributed by atoms with Gasteiger partial charge in [0.2, 0.25) is 5.95 Å². The predicted molar refractivity (Wildman–Crippen MR) is 60.5 cm³/mol. The highest BCUT2D eigenvalue weighted by Gasteiger charge is 2.27. The first-order valence-electron chi connectivity index (χ1n) is 5.89. The fourth-order valence-corrected chi connectivity index (χ4v) is 1.59. The molecule has 0 spiro atoms. The largest absolute Gasteiger partial charge is 0.411 e. The number of aromatic nitrogens is 2. The van der Waals surface area contributed by atoms with Gasteiger partial charge in [-0.3, -0.25) is 0 Å². The molecule has 1 saturated carbocycles. The predicted octanol–water partition coefficient (Wildman–Crippen LogP) is 2.34. The summed E-state index contributed by atoms with van der Waals surface area (Å²) in [7, 11) is 0. The number of alkyl halides is 3. The average Bonchev–Trinajstić information content (AvgIpc) is 2.97. The van der Waals surface area contributed by atoms with Crippen LogP contribution in [0.2, 0.25) is 0 Å². The van der Waals surface area contributed by atoms with Crippen molar-refractivity contribution in [2.75, 3.05) is 18.5 Å². The number of ether oxygens (including phenoxy) is 1. The number of hydrogen-bond acceptors (Lipinski definition) is 3. The quantitative estimate of drug-likeness (QED) is 0.801. The standard InChI is InChI=1S/C11H16F3N3O/c1-8-6-17(4-5-18-7-11(12,13)14)10(15-8)16-9-2-3-9/h6,9H,2-5,7H2,1H3,(H,15,16). The molecule has 4 nitrogen and oxygen atoms in total. The van der Waals surface area contributed by atoms with E-state index in [-0.39, 0.29) is 6.61 Å². The number of nitrogens with one attached hydrogen (secondary N) is 1. The van der Waals surface area contributed by atoms with Crippen molar-refractivity contribution in [1.29, 1.82) is 0 Å². The van der Waals surface area contributed by atoms with Gasteiger partial charge in [0, 0.05) is 18.8 Å². The maximum Gasteiger partial charge on any atom is 0.411 e. The highest BCUT2D eigenvalue weighted by molar-refractivity contribution is 5.32. The molecule has 0 atom stereocenters. The minimum atomic E-state index is -4.26. The van der Waals surface area contributed by atoms with E-state index >= 15 is 0 Å². The molecule has 102 valence electrons. The molecular weight excluding hydrogens is 247 g/mol. The molecule has 0 unspecified atom stereocenters. The summed E-state index contributed by atoms with van der Waals surface area (Å²) in [5.41, 5.74) is 0.842. The van der Waals surface area contributed by atoms with Crippen molar-refractivity contribution >= 4 is 5.95 Å². The van der Waals surface area contributed by atoms with Crippen molar-refractivity contribution < 1.29 is 17.9 Å². The van der Waals surface area contributed by atoms with Crippen molar-refractivity contribution in [2.24, 2.45) is 0 Å². The smallest absolute Gasteiger partial charge is 0.370 e. The zero-order valence-electron chi connectivity index (χ0n) is 10.1. The summed E-state index contributed by atoms with van der Waals surface area (Å²) in [6.45, 7) is 1.04. The minimum Gasteiger partial charge on any atom is -0.370 e. The van der Waals surface area contributed by atoms with Gasteiger partial charge in [-0.1, -0.05) is 0 Å². The van der Waals surface area contributed by atoms with Crippen molar-refractivity contribution in [3.8, 4) is 0 Å². The average molecular weight is 263 g/mol. The molecule has 1 aliphatic carbocycles. The molecule has 0 amide bonds. The van der Waals surface area contributed by atoms with Gasteiger partial charge in [0.15, 0.2) is 0 Å². The van der Waals surface area contributed by atoms with Crippen LogP contribution in [-0.2, 0) is 11.3 Å². The summed E-state index contributed by atoms with van der Waals surface area (Å²) in [5.74, 6) is 0.714. The van der Waals surface area contributed by atoms with E-state index in [0.29, 0.717) is 18.5 Å². The second-order valence-electron chi connectivity index (χ2n) is 4.49. The summed E-state index contributed by atoms with van der Waals surface area (Å²) in [5, 5.41) is 3.24. The highest BCUT2D eigenvalue weighted by Crippen LogP contribution is 2.24. The molecule has 1 aromatic rings. The minimum absolute atomic E-state index is 0.0225. The van der Waals surface area contributed by atoms with Gasteiger partial charge in [-0.2, -0.15) is 13.2 Å². The fourth-order valence-electron chi connectivity index (χ4n) is 1.59. The molecule has 0 saturated heterocycles. The summed E-state index contributed by atoms with van der Waals surface area (Å²) >= 11 is 0. The Hall–Kier alpha value is -1.24. The SMILES string of the molecule is Cc1cn(CCOCC(F)(F)F)c(NC2CC2)n1. The van der Waals surface area contributed by atoms with Crippen LogP contribution in [0.3, 0.4) is 0 Å². The van der Waals surface area contributed by atoms with Crippen molar-refractivity contribution in [2.45, 2.75) is 38.5 Å². The monoisotopic (exact) mass is 263 g/mol. The lowest BCUT2D eigenvalue weighted by Crippen LogP contribution is -2.19. The number of anilines is 1. The van der Waals surface area contributed by atoms with Crippen molar-refractivity contribution in [3.05, 3.63) is 11.9 Å². The first kappa shape index (κ1) is 13.2. The van der Waals surface area contributed by atoms with E-state index in [4.69, 9.17) is 0 Å². The Kier molecular flexibility index (Phi) is 3.79. The summed E-state index contributed by atoms with van der Waals surface area (Å²) in [6.07, 6.45) is -0.214. The summed E-state index contributed by atoms with van der Waals surface area (Å²) in [6, 6.07) is 0.460. The number of nitrogens with zero attached hydrogens (tertiary/aromatic N) is 2. The lowest BCUT2D eigenvalue weighted by atomic mass is 10.5. The third kappa shape index (κ3) is 4.21. The van der Waals surface area contributed by atoms with E-state index in [0.717, 1.165) is 18.5 Å². The zero-order valence-corrected chi connectivity index (χ0v) is 10.1. The van der Waals surface area contributed by atoms with E-state index in [2.05, 4.69) is 15.0 Å². The molecule has 7 heteroatoms. The van der Waals surface area contributed by atoms with E-state index in [1.165, 1.54) is 0 Å². The maximum atomic E-state index is 11.9. The van der Waals surface area contributed by atoms with Crippen molar-refractivity contribution in [3.63, 3.8) is 0 Å². The van der Waals surface area contributed by atoms with Crippen LogP contribution in [0.4, 0.5) is 19.1 Å². The fraction of sp³-hybridized carbons (Fsp3) is 0.727. The van der Waals surface area contributed by atoms with E-state index in [9.17, 15) is 13.2 Å². The van der Waals surface area contributed by atoms with Gasteiger partial charge in [0.05, 0.1) is 12.3 Å². The van der Waals surface area contributed by atoms with Gasteiger partial charge < -0.3 is 14.6 Å². The van der Waals surface area contributed by atoms with Gasteiger partial charge in [-0.15, -0.1) is 0 Å². The Morgan fingerprint density at radius 2 is 2.22 bits per heavy atom. The molecule has 2 rings (SSSR count). The molecule has 18 heavy (non-hydrogen) atoms. The van der Waals surface area contributed by atoms with Crippen LogP contribution >= 0.6 is 0 Å². The Morgan fingerprint density at radius 3 is 2.83 bits per heavy atom. The van der Waals surface area contributed by atoms with E-state index in [1.54, 1.807) is 4.57 Å². The normalized spacial score (nSPS) is 16.0. The van der Waals surface area contributed by atoms with E-state index in [1.807, 2.05) is 13.1 Å². The Morgan fingerprint density at radius 1 is 1.50 bits per heavy atom. The van der Waals surface area contributed by atoms with Gasteiger partial charge >= 0.3 is 6.18 Å². The van der Waals surface area contributed by atoms with Crippen molar-refractivity contribution in [1.82, 2.24) is 9.55 Å². The number of rotatable bonds is 6. The number of halogens is 3. The van der Waals surface area contributed by atoms with Crippen LogP contribution in [0.1, 0.15) is 18.5 Å². The lowest BCUT2D eigenvalue weighted by Gasteiger charge is -2.10. The Bertz CT molecular complexity index is 399. The first-order valence-corrected chi connectivity index (χ1v) is 5.89. The third-order valence-corrected chi connectivity index (χ3v) is 2.55. The maximum absolute atomic E-state index is 11.9. The molecule has 1 heterocycles. The van der Waals surface area contributed by atoms with Crippen LogP contribution < -0.4 is 5.32 Å². The molecular formula is C11H16F3N3O. The molecule has 0 radical (unpaired) electrons. The second-order valence-corrected chi connectivity index (χ2v) is 4.49. The Labute approximate surface area is 103 Å². The summed E-state index contributed by atoms with van der Waals surface area (Å²) in [4.78, 5) is 4.29. The van der Waals surface area contributed by atoms with Crippen LogP contribution in [0.15, 0.2) is 6.20 Å². The van der Waals surface area contributed by atoms with Gasteiger partial charge in [-0.25, -0.2) is 4.98 Å². The third-order valence-electron chi connectivity index (χ3n) is 2.55. The number of aryl methyl sites for hydroxylation is 1. The first-order chi connectivity index (χ1) is 8.44. The molecule has 0 bridgehead atoms. The molecule has 0 aliphatic heterocycles. The summed E-state index contributed by atoms with van der Waals surface area (Å²) < 4.78 is 42.0. The van der Waals surface area contributed by atoms with E-state index < -0.39 is 12.8 Å². The van der Waals surface area contributed by atoms with Crippen LogP contribution in [-0.4, -0.2) is 35.0 Å². The topological polar surface area (TPSA) is 39.1 Å². The second kappa shape index (κ2) is 5.17. The number of imidazole rings is 1. The van der Waals surface area contributed by atoms with Crippen LogP contribution in [0.25, 0.3) is 0 Å². The number of hydrogen-bond donors (Lipinski definition) is 1. The van der Waals surface area contributed by atoms with Crippen LogP contribution in [0.5, 0.6) is 0 Å². The molecule has 1 N–H and O–H groups in total.